The highest BCUT2D eigenvalue weighted by Gasteiger charge is 2.14. The van der Waals surface area contributed by atoms with Crippen molar-refractivity contribution >= 4 is 75.6 Å². The summed E-state index contributed by atoms with van der Waals surface area (Å²) < 4.78 is 4.91. The van der Waals surface area contributed by atoms with Crippen molar-refractivity contribution in [3.8, 4) is 0 Å². The molecule has 0 heterocycles. The van der Waals surface area contributed by atoms with Crippen LogP contribution < -0.4 is 5.32 Å². The first kappa shape index (κ1) is 20.1. The Balaban J connectivity index is 1.90. The van der Waals surface area contributed by atoms with Crippen LogP contribution in [0.2, 0.25) is 25.1 Å². The number of hydrogen-bond donors (Lipinski definition) is 1. The van der Waals surface area contributed by atoms with E-state index in [0.717, 1.165) is 0 Å². The minimum absolute atomic E-state index is 0.0915. The van der Waals surface area contributed by atoms with Crippen molar-refractivity contribution < 1.29 is 14.3 Å². The normalized spacial score (nSPS) is 10.4. The molecule has 0 aliphatic heterocycles. The number of anilines is 1. The van der Waals surface area contributed by atoms with Gasteiger partial charge < -0.3 is 10.1 Å². The predicted molar refractivity (Wildman–Crippen MR) is 101 cm³/mol. The van der Waals surface area contributed by atoms with Gasteiger partial charge in [-0.1, -0.05) is 64.1 Å². The maximum atomic E-state index is 11.9. The van der Waals surface area contributed by atoms with Gasteiger partial charge in [0.25, 0.3) is 5.91 Å². The van der Waals surface area contributed by atoms with Crippen LogP contribution in [0.4, 0.5) is 5.69 Å². The van der Waals surface area contributed by atoms with E-state index in [1.54, 1.807) is 12.1 Å². The number of carbonyl (C=O) groups is 2. The van der Waals surface area contributed by atoms with Crippen LogP contribution in [0.5, 0.6) is 0 Å². The fourth-order valence-corrected chi connectivity index (χ4v) is 3.24. The summed E-state index contributed by atoms with van der Waals surface area (Å²) >= 11 is 29.5. The Morgan fingerprint density at radius 1 is 0.880 bits per heavy atom. The molecule has 0 radical (unpaired) electrons. The largest absolute Gasteiger partial charge is 0.455 e. The molecule has 2 rings (SSSR count). The highest BCUT2D eigenvalue weighted by molar-refractivity contribution is 6.42. The number of rotatable bonds is 5. The summed E-state index contributed by atoms with van der Waals surface area (Å²) in [6.45, 7) is -0.501. The van der Waals surface area contributed by atoms with Gasteiger partial charge in [-0.2, -0.15) is 0 Å². The first-order valence-corrected chi connectivity index (χ1v) is 8.69. The Morgan fingerprint density at radius 3 is 2.08 bits per heavy atom. The molecule has 0 fully saturated rings. The minimum Gasteiger partial charge on any atom is -0.455 e. The molecule has 0 atom stereocenters. The predicted octanol–water partition coefficient (Wildman–Crippen LogP) is 5.68. The molecule has 0 saturated heterocycles. The summed E-state index contributed by atoms with van der Waals surface area (Å²) in [6.07, 6.45) is -0.0915. The molecule has 132 valence electrons. The Bertz CT molecular complexity index is 802. The van der Waals surface area contributed by atoms with Crippen LogP contribution in [0.3, 0.4) is 0 Å². The number of hydrogen-bond acceptors (Lipinski definition) is 3. The lowest BCUT2D eigenvalue weighted by atomic mass is 10.1. The van der Waals surface area contributed by atoms with Crippen molar-refractivity contribution in [3.05, 3.63) is 61.0 Å². The molecule has 0 bridgehead atoms. The first-order valence-electron chi connectivity index (χ1n) is 6.80. The number of halogens is 5. The van der Waals surface area contributed by atoms with E-state index in [9.17, 15) is 9.59 Å². The van der Waals surface area contributed by atoms with Gasteiger partial charge in [-0.05, 0) is 29.8 Å². The van der Waals surface area contributed by atoms with Crippen molar-refractivity contribution in [3.63, 3.8) is 0 Å². The van der Waals surface area contributed by atoms with Crippen LogP contribution in [-0.4, -0.2) is 18.5 Å². The second-order valence-corrected chi connectivity index (χ2v) is 6.96. The maximum Gasteiger partial charge on any atom is 0.310 e. The molecular weight excluding hydrogens is 431 g/mol. The quantitative estimate of drug-likeness (QED) is 0.608. The molecule has 9 heteroatoms. The summed E-state index contributed by atoms with van der Waals surface area (Å²) in [5.41, 5.74) is 0.731. The van der Waals surface area contributed by atoms with Crippen LogP contribution in [0, 0.1) is 0 Å². The molecule has 2 aromatic carbocycles. The summed E-state index contributed by atoms with van der Waals surface area (Å²) in [6, 6.07) is 7.59. The van der Waals surface area contributed by atoms with Gasteiger partial charge in [0.1, 0.15) is 0 Å². The maximum absolute atomic E-state index is 11.9. The lowest BCUT2D eigenvalue weighted by Crippen LogP contribution is -2.22. The third kappa shape index (κ3) is 5.94. The molecule has 0 aromatic heterocycles. The fraction of sp³-hybridized carbons (Fsp3) is 0.125. The fourth-order valence-electron chi connectivity index (χ4n) is 1.85. The number of ether oxygens (including phenoxy) is 1. The molecule has 2 aromatic rings. The lowest BCUT2D eigenvalue weighted by Gasteiger charge is -2.10. The molecule has 1 amide bonds. The Morgan fingerprint density at radius 2 is 1.48 bits per heavy atom. The molecular formula is C16H10Cl5NO3. The monoisotopic (exact) mass is 439 g/mol. The van der Waals surface area contributed by atoms with Gasteiger partial charge in [-0.15, -0.1) is 0 Å². The van der Waals surface area contributed by atoms with Gasteiger partial charge in [-0.3, -0.25) is 9.59 Å². The summed E-state index contributed by atoms with van der Waals surface area (Å²) in [5, 5.41) is 3.94. The SMILES string of the molecule is O=C(COC(=O)Cc1ccc(Cl)cc1Cl)Nc1c(Cl)cc(Cl)cc1Cl. The van der Waals surface area contributed by atoms with E-state index in [4.69, 9.17) is 62.7 Å². The number of nitrogens with one attached hydrogen (secondary N) is 1. The zero-order chi connectivity index (χ0) is 18.6. The van der Waals surface area contributed by atoms with Crippen molar-refractivity contribution in [2.45, 2.75) is 6.42 Å². The van der Waals surface area contributed by atoms with Gasteiger partial charge in [0.15, 0.2) is 6.61 Å². The van der Waals surface area contributed by atoms with Gasteiger partial charge in [0, 0.05) is 15.1 Å². The zero-order valence-corrected chi connectivity index (χ0v) is 16.2. The lowest BCUT2D eigenvalue weighted by molar-refractivity contribution is -0.146. The third-order valence-electron chi connectivity index (χ3n) is 2.99. The summed E-state index contributed by atoms with van der Waals surface area (Å²) in [4.78, 5) is 23.7. The number of amides is 1. The average molecular weight is 442 g/mol. The van der Waals surface area contributed by atoms with Crippen LogP contribution in [-0.2, 0) is 20.7 Å². The topological polar surface area (TPSA) is 55.4 Å². The van der Waals surface area contributed by atoms with E-state index in [1.807, 2.05) is 0 Å². The molecule has 4 nitrogen and oxygen atoms in total. The Kier molecular flexibility index (Phi) is 7.23. The van der Waals surface area contributed by atoms with Crippen LogP contribution in [0.15, 0.2) is 30.3 Å². The smallest absolute Gasteiger partial charge is 0.310 e. The standard InChI is InChI=1S/C16H10Cl5NO3/c17-9-2-1-8(11(19)4-9)3-15(24)25-7-14(23)22-16-12(20)5-10(18)6-13(16)21/h1-2,4-6H,3,7H2,(H,22,23). The molecule has 0 saturated carbocycles. The first-order chi connectivity index (χ1) is 11.8. The second kappa shape index (κ2) is 8.97. The molecule has 0 unspecified atom stereocenters. The van der Waals surface area contributed by atoms with E-state index >= 15 is 0 Å². The summed E-state index contributed by atoms with van der Waals surface area (Å²) in [5.74, 6) is -1.21. The average Bonchev–Trinajstić information content (AvgIpc) is 2.51. The van der Waals surface area contributed by atoms with E-state index in [0.29, 0.717) is 20.6 Å². The zero-order valence-electron chi connectivity index (χ0n) is 12.4. The van der Waals surface area contributed by atoms with Crippen LogP contribution in [0.1, 0.15) is 5.56 Å². The van der Waals surface area contributed by atoms with Crippen molar-refractivity contribution in [2.24, 2.45) is 0 Å². The molecule has 0 aliphatic rings. The van der Waals surface area contributed by atoms with Crippen molar-refractivity contribution in [1.29, 1.82) is 0 Å². The summed E-state index contributed by atoms with van der Waals surface area (Å²) in [7, 11) is 0. The van der Waals surface area contributed by atoms with Gasteiger partial charge in [0.2, 0.25) is 0 Å². The van der Waals surface area contributed by atoms with Crippen LogP contribution in [0.25, 0.3) is 0 Å². The van der Waals surface area contributed by atoms with E-state index < -0.39 is 18.5 Å². The number of esters is 1. The van der Waals surface area contributed by atoms with Crippen LogP contribution >= 0.6 is 58.0 Å². The van der Waals surface area contributed by atoms with E-state index in [1.165, 1.54) is 18.2 Å². The molecule has 0 spiro atoms. The van der Waals surface area contributed by atoms with E-state index in [2.05, 4.69) is 5.32 Å². The van der Waals surface area contributed by atoms with Gasteiger partial charge in [0.05, 0.1) is 22.2 Å². The van der Waals surface area contributed by atoms with Gasteiger partial charge in [-0.25, -0.2) is 0 Å². The Labute approximate surface area is 168 Å². The van der Waals surface area contributed by atoms with Crippen molar-refractivity contribution in [2.75, 3.05) is 11.9 Å². The Hall–Kier alpha value is -1.17. The van der Waals surface area contributed by atoms with E-state index in [-0.39, 0.29) is 22.2 Å². The third-order valence-corrected chi connectivity index (χ3v) is 4.39. The second-order valence-electron chi connectivity index (χ2n) is 4.87. The highest BCUT2D eigenvalue weighted by Crippen LogP contribution is 2.33. The number of benzene rings is 2. The minimum atomic E-state index is -0.618. The molecule has 25 heavy (non-hydrogen) atoms. The molecule has 1 N–H and O–H groups in total. The highest BCUT2D eigenvalue weighted by atomic mass is 35.5. The molecule has 0 aliphatic carbocycles. The number of carbonyl (C=O) groups excluding carboxylic acids is 2. The van der Waals surface area contributed by atoms with Crippen molar-refractivity contribution in [1.82, 2.24) is 0 Å². The van der Waals surface area contributed by atoms with Gasteiger partial charge >= 0.3 is 5.97 Å².